The van der Waals surface area contributed by atoms with E-state index >= 15 is 0 Å². The van der Waals surface area contributed by atoms with Crippen LogP contribution >= 0.6 is 0 Å². The number of rotatable bonds is 6. The normalized spacial score (nSPS) is 13.8. The summed E-state index contributed by atoms with van der Waals surface area (Å²) >= 11 is 0. The largest absolute Gasteiger partial charge is 0.396 e. The minimum atomic E-state index is 0.318. The summed E-state index contributed by atoms with van der Waals surface area (Å²) in [7, 11) is 0. The van der Waals surface area contributed by atoms with Crippen LogP contribution in [-0.4, -0.2) is 18.3 Å². The molecule has 1 aliphatic carbocycles. The number of anilines is 1. The summed E-state index contributed by atoms with van der Waals surface area (Å²) < 4.78 is 0. The molecule has 0 saturated carbocycles. The molecular weight excluding hydrogens is 198 g/mol. The van der Waals surface area contributed by atoms with Crippen molar-refractivity contribution in [3.05, 3.63) is 29.3 Å². The van der Waals surface area contributed by atoms with E-state index in [0.29, 0.717) is 6.61 Å². The summed E-state index contributed by atoms with van der Waals surface area (Å²) in [5, 5.41) is 12.1. The number of aliphatic hydroxyl groups excluding tert-OH is 1. The molecule has 88 valence electrons. The standard InChI is InChI=1S/C14H21NO/c16-10-3-1-2-9-15-14-8-7-12-5-4-6-13(12)11-14/h7-8,11,15-16H,1-6,9-10H2. The van der Waals surface area contributed by atoms with Gasteiger partial charge >= 0.3 is 0 Å². The maximum Gasteiger partial charge on any atom is 0.0431 e. The fourth-order valence-electron chi connectivity index (χ4n) is 2.33. The first kappa shape index (κ1) is 11.5. The molecule has 0 bridgehead atoms. The van der Waals surface area contributed by atoms with E-state index in [0.717, 1.165) is 25.8 Å². The zero-order valence-electron chi connectivity index (χ0n) is 9.84. The van der Waals surface area contributed by atoms with Crippen molar-refractivity contribution < 1.29 is 5.11 Å². The molecule has 0 aliphatic heterocycles. The van der Waals surface area contributed by atoms with Crippen LogP contribution < -0.4 is 5.32 Å². The number of hydrogen-bond donors (Lipinski definition) is 2. The quantitative estimate of drug-likeness (QED) is 0.721. The van der Waals surface area contributed by atoms with Gasteiger partial charge in [-0.3, -0.25) is 0 Å². The Kier molecular flexibility index (Phi) is 4.23. The van der Waals surface area contributed by atoms with E-state index in [2.05, 4.69) is 23.5 Å². The van der Waals surface area contributed by atoms with Gasteiger partial charge in [0.25, 0.3) is 0 Å². The summed E-state index contributed by atoms with van der Waals surface area (Å²) in [6.45, 7) is 1.33. The van der Waals surface area contributed by atoms with Gasteiger partial charge in [-0.1, -0.05) is 6.07 Å². The summed E-state index contributed by atoms with van der Waals surface area (Å²) in [5.74, 6) is 0. The van der Waals surface area contributed by atoms with Gasteiger partial charge in [-0.2, -0.15) is 0 Å². The van der Waals surface area contributed by atoms with E-state index in [1.807, 2.05) is 0 Å². The molecule has 2 rings (SSSR count). The average molecular weight is 219 g/mol. The number of benzene rings is 1. The highest BCUT2D eigenvalue weighted by Gasteiger charge is 2.10. The van der Waals surface area contributed by atoms with Crippen LogP contribution in [0.15, 0.2) is 18.2 Å². The Bertz CT molecular complexity index is 336. The highest BCUT2D eigenvalue weighted by molar-refractivity contribution is 5.50. The van der Waals surface area contributed by atoms with Crippen molar-refractivity contribution >= 4 is 5.69 Å². The van der Waals surface area contributed by atoms with Crippen molar-refractivity contribution in [2.45, 2.75) is 38.5 Å². The molecule has 0 atom stereocenters. The second-order valence-corrected chi connectivity index (χ2v) is 4.55. The van der Waals surface area contributed by atoms with Crippen LogP contribution in [0.5, 0.6) is 0 Å². The first-order chi connectivity index (χ1) is 7.90. The number of fused-ring (bicyclic) bond motifs is 1. The van der Waals surface area contributed by atoms with Crippen LogP contribution in [0.1, 0.15) is 36.8 Å². The molecule has 1 aromatic rings. The molecule has 0 heterocycles. The maximum absolute atomic E-state index is 8.67. The molecule has 2 nitrogen and oxygen atoms in total. The van der Waals surface area contributed by atoms with Crippen molar-refractivity contribution in [1.82, 2.24) is 0 Å². The monoisotopic (exact) mass is 219 g/mol. The number of hydrogen-bond acceptors (Lipinski definition) is 2. The van der Waals surface area contributed by atoms with Crippen molar-refractivity contribution in [2.75, 3.05) is 18.5 Å². The molecule has 0 spiro atoms. The molecule has 0 saturated heterocycles. The first-order valence-corrected chi connectivity index (χ1v) is 6.36. The third-order valence-electron chi connectivity index (χ3n) is 3.26. The van der Waals surface area contributed by atoms with E-state index in [1.54, 1.807) is 0 Å². The zero-order chi connectivity index (χ0) is 11.2. The van der Waals surface area contributed by atoms with Gasteiger partial charge in [0.1, 0.15) is 0 Å². The van der Waals surface area contributed by atoms with Crippen LogP contribution in [0.3, 0.4) is 0 Å². The van der Waals surface area contributed by atoms with Gasteiger partial charge in [0.2, 0.25) is 0 Å². The summed E-state index contributed by atoms with van der Waals surface area (Å²) in [4.78, 5) is 0. The average Bonchev–Trinajstić information content (AvgIpc) is 2.76. The van der Waals surface area contributed by atoms with E-state index in [1.165, 1.54) is 36.1 Å². The molecule has 0 amide bonds. The van der Waals surface area contributed by atoms with Gasteiger partial charge in [0, 0.05) is 18.8 Å². The van der Waals surface area contributed by atoms with Crippen LogP contribution in [0, 0.1) is 0 Å². The molecule has 2 heteroatoms. The van der Waals surface area contributed by atoms with E-state index in [4.69, 9.17) is 5.11 Å². The Hall–Kier alpha value is -1.02. The van der Waals surface area contributed by atoms with Crippen LogP contribution in [0.2, 0.25) is 0 Å². The van der Waals surface area contributed by atoms with Crippen molar-refractivity contribution in [2.24, 2.45) is 0 Å². The molecule has 0 radical (unpaired) electrons. The van der Waals surface area contributed by atoms with Crippen LogP contribution in [-0.2, 0) is 12.8 Å². The predicted octanol–water partition coefficient (Wildman–Crippen LogP) is 2.75. The SMILES string of the molecule is OCCCCCNc1ccc2c(c1)CCC2. The highest BCUT2D eigenvalue weighted by atomic mass is 16.2. The molecular formula is C14H21NO. The molecule has 1 aromatic carbocycles. The van der Waals surface area contributed by atoms with E-state index < -0.39 is 0 Å². The van der Waals surface area contributed by atoms with Gasteiger partial charge < -0.3 is 10.4 Å². The third-order valence-corrected chi connectivity index (χ3v) is 3.26. The molecule has 0 aromatic heterocycles. The Morgan fingerprint density at radius 2 is 1.94 bits per heavy atom. The van der Waals surface area contributed by atoms with Crippen molar-refractivity contribution in [3.63, 3.8) is 0 Å². The number of aliphatic hydroxyl groups is 1. The first-order valence-electron chi connectivity index (χ1n) is 6.36. The Labute approximate surface area is 97.7 Å². The fraction of sp³-hybridized carbons (Fsp3) is 0.571. The lowest BCUT2D eigenvalue weighted by atomic mass is 10.1. The maximum atomic E-state index is 8.67. The summed E-state index contributed by atoms with van der Waals surface area (Å²) in [6.07, 6.45) is 6.98. The lowest BCUT2D eigenvalue weighted by Crippen LogP contribution is -2.02. The Morgan fingerprint density at radius 3 is 2.81 bits per heavy atom. The minimum Gasteiger partial charge on any atom is -0.396 e. The predicted molar refractivity (Wildman–Crippen MR) is 67.9 cm³/mol. The zero-order valence-corrected chi connectivity index (χ0v) is 9.84. The lowest BCUT2D eigenvalue weighted by molar-refractivity contribution is 0.283. The second-order valence-electron chi connectivity index (χ2n) is 4.55. The molecule has 1 aliphatic rings. The van der Waals surface area contributed by atoms with Gasteiger partial charge in [0.05, 0.1) is 0 Å². The van der Waals surface area contributed by atoms with Crippen LogP contribution in [0.25, 0.3) is 0 Å². The summed E-state index contributed by atoms with van der Waals surface area (Å²) in [5.41, 5.74) is 4.32. The van der Waals surface area contributed by atoms with Crippen LogP contribution in [0.4, 0.5) is 5.69 Å². The van der Waals surface area contributed by atoms with E-state index in [9.17, 15) is 0 Å². The minimum absolute atomic E-state index is 0.318. The van der Waals surface area contributed by atoms with Gasteiger partial charge in [-0.15, -0.1) is 0 Å². The molecule has 2 N–H and O–H groups in total. The molecule has 0 unspecified atom stereocenters. The van der Waals surface area contributed by atoms with Gasteiger partial charge in [-0.05, 0) is 61.8 Å². The lowest BCUT2D eigenvalue weighted by Gasteiger charge is -2.08. The third kappa shape index (κ3) is 2.99. The number of nitrogens with one attached hydrogen (secondary N) is 1. The Balaban J connectivity index is 1.77. The van der Waals surface area contributed by atoms with Crippen molar-refractivity contribution in [1.29, 1.82) is 0 Å². The fourth-order valence-corrected chi connectivity index (χ4v) is 2.33. The summed E-state index contributed by atoms with van der Waals surface area (Å²) in [6, 6.07) is 6.75. The number of aryl methyl sites for hydroxylation is 2. The van der Waals surface area contributed by atoms with E-state index in [-0.39, 0.29) is 0 Å². The van der Waals surface area contributed by atoms with Crippen molar-refractivity contribution in [3.8, 4) is 0 Å². The molecule has 16 heavy (non-hydrogen) atoms. The topological polar surface area (TPSA) is 32.3 Å². The van der Waals surface area contributed by atoms with Gasteiger partial charge in [0.15, 0.2) is 0 Å². The highest BCUT2D eigenvalue weighted by Crippen LogP contribution is 2.24. The Morgan fingerprint density at radius 1 is 1.06 bits per heavy atom. The second kappa shape index (κ2) is 5.90. The van der Waals surface area contributed by atoms with Gasteiger partial charge in [-0.25, -0.2) is 0 Å². The smallest absolute Gasteiger partial charge is 0.0431 e. The number of unbranched alkanes of at least 4 members (excludes halogenated alkanes) is 2. The molecule has 0 fully saturated rings.